The molecule has 0 bridgehead atoms. The smallest absolute Gasteiger partial charge is 0.221 e. The van der Waals surface area contributed by atoms with Gasteiger partial charge in [-0.3, -0.25) is 4.79 Å². The van der Waals surface area contributed by atoms with Crippen molar-refractivity contribution < 1.29 is 4.79 Å². The molecule has 1 saturated heterocycles. The second kappa shape index (κ2) is 4.64. The molecule has 0 saturated carbocycles. The molecule has 1 aromatic carbocycles. The number of nitrogens with one attached hydrogen (secondary N) is 1. The first-order valence-electron chi connectivity index (χ1n) is 4.53. The lowest BCUT2D eigenvalue weighted by Gasteiger charge is -2.23. The first kappa shape index (κ1) is 11.1. The standard InChI is InChI=1S/C10H9Cl2NOS/c11-6-1-2-7(8(12)5-6)10-13-9(14)3-4-15-10/h1-2,5,10H,3-4H2,(H,13,14). The van der Waals surface area contributed by atoms with Gasteiger partial charge >= 0.3 is 0 Å². The van der Waals surface area contributed by atoms with E-state index in [-0.39, 0.29) is 11.3 Å². The van der Waals surface area contributed by atoms with Gasteiger partial charge in [-0.1, -0.05) is 29.3 Å². The Bertz CT molecular complexity index is 397. The van der Waals surface area contributed by atoms with E-state index >= 15 is 0 Å². The van der Waals surface area contributed by atoms with Crippen LogP contribution in [0.5, 0.6) is 0 Å². The van der Waals surface area contributed by atoms with E-state index in [0.29, 0.717) is 16.5 Å². The highest BCUT2D eigenvalue weighted by Gasteiger charge is 2.21. The summed E-state index contributed by atoms with van der Waals surface area (Å²) in [4.78, 5) is 11.2. The fraction of sp³-hybridized carbons (Fsp3) is 0.300. The SMILES string of the molecule is O=C1CCSC(c2ccc(Cl)cc2Cl)N1. The molecule has 2 rings (SSSR count). The van der Waals surface area contributed by atoms with Crippen LogP contribution < -0.4 is 5.32 Å². The fourth-order valence-corrected chi connectivity index (χ4v) is 3.13. The average Bonchev–Trinajstić information content (AvgIpc) is 2.17. The molecule has 1 aliphatic rings. The lowest BCUT2D eigenvalue weighted by Crippen LogP contribution is -2.31. The number of hydrogen-bond donors (Lipinski definition) is 1. The maximum absolute atomic E-state index is 11.2. The fourth-order valence-electron chi connectivity index (χ4n) is 1.41. The van der Waals surface area contributed by atoms with E-state index in [2.05, 4.69) is 5.32 Å². The summed E-state index contributed by atoms with van der Waals surface area (Å²) >= 11 is 13.5. The lowest BCUT2D eigenvalue weighted by molar-refractivity contribution is -0.121. The van der Waals surface area contributed by atoms with Crippen LogP contribution in [0.15, 0.2) is 18.2 Å². The van der Waals surface area contributed by atoms with Crippen LogP contribution in [0.3, 0.4) is 0 Å². The highest BCUT2D eigenvalue weighted by molar-refractivity contribution is 7.99. The van der Waals surface area contributed by atoms with Crippen molar-refractivity contribution in [3.8, 4) is 0 Å². The summed E-state index contributed by atoms with van der Waals surface area (Å²) in [5.74, 6) is 0.903. The number of amides is 1. The Morgan fingerprint density at radius 2 is 2.20 bits per heavy atom. The number of carbonyl (C=O) groups excluding carboxylic acids is 1. The van der Waals surface area contributed by atoms with E-state index in [0.717, 1.165) is 11.3 Å². The maximum atomic E-state index is 11.2. The zero-order valence-electron chi connectivity index (χ0n) is 7.80. The first-order valence-corrected chi connectivity index (χ1v) is 6.33. The number of rotatable bonds is 1. The Hall–Kier alpha value is -0.380. The normalized spacial score (nSPS) is 21.2. The van der Waals surface area contributed by atoms with Gasteiger partial charge in [0.05, 0.1) is 0 Å². The number of carbonyl (C=O) groups is 1. The Labute approximate surface area is 102 Å². The second-order valence-corrected chi connectivity index (χ2v) is 5.29. The number of benzene rings is 1. The van der Waals surface area contributed by atoms with Crippen molar-refractivity contribution in [2.45, 2.75) is 11.8 Å². The maximum Gasteiger partial charge on any atom is 0.221 e. The molecule has 15 heavy (non-hydrogen) atoms. The Morgan fingerprint density at radius 3 is 2.87 bits per heavy atom. The number of halogens is 2. The highest BCUT2D eigenvalue weighted by Crippen LogP contribution is 2.35. The predicted octanol–water partition coefficient (Wildman–Crippen LogP) is 3.25. The van der Waals surface area contributed by atoms with Crippen LogP contribution in [-0.4, -0.2) is 11.7 Å². The van der Waals surface area contributed by atoms with Crippen LogP contribution in [0.1, 0.15) is 17.4 Å². The third-order valence-electron chi connectivity index (χ3n) is 2.15. The topological polar surface area (TPSA) is 29.1 Å². The molecule has 1 aliphatic heterocycles. The third-order valence-corrected chi connectivity index (χ3v) is 3.86. The molecule has 0 aromatic heterocycles. The number of hydrogen-bond acceptors (Lipinski definition) is 2. The van der Waals surface area contributed by atoms with Crippen molar-refractivity contribution in [2.24, 2.45) is 0 Å². The monoisotopic (exact) mass is 261 g/mol. The Morgan fingerprint density at radius 1 is 1.40 bits per heavy atom. The predicted molar refractivity (Wildman–Crippen MR) is 64.4 cm³/mol. The van der Waals surface area contributed by atoms with E-state index in [1.165, 1.54) is 0 Å². The summed E-state index contributed by atoms with van der Waals surface area (Å²) in [5.41, 5.74) is 0.916. The first-order chi connectivity index (χ1) is 7.16. The summed E-state index contributed by atoms with van der Waals surface area (Å²) in [5, 5.41) is 4.05. The van der Waals surface area contributed by atoms with Gasteiger partial charge in [0.2, 0.25) is 5.91 Å². The average molecular weight is 262 g/mol. The van der Waals surface area contributed by atoms with E-state index in [4.69, 9.17) is 23.2 Å². The second-order valence-electron chi connectivity index (χ2n) is 3.23. The Kier molecular flexibility index (Phi) is 3.44. The minimum atomic E-state index is -0.0454. The molecular formula is C10H9Cl2NOS. The molecule has 0 aliphatic carbocycles. The van der Waals surface area contributed by atoms with Crippen molar-refractivity contribution >= 4 is 40.9 Å². The summed E-state index contributed by atoms with van der Waals surface area (Å²) in [6.45, 7) is 0. The summed E-state index contributed by atoms with van der Waals surface area (Å²) in [6.07, 6.45) is 0.576. The van der Waals surface area contributed by atoms with Crippen LogP contribution in [0.2, 0.25) is 10.0 Å². The van der Waals surface area contributed by atoms with Gasteiger partial charge in [-0.15, -0.1) is 11.8 Å². The highest BCUT2D eigenvalue weighted by atomic mass is 35.5. The van der Waals surface area contributed by atoms with E-state index in [1.807, 2.05) is 6.07 Å². The van der Waals surface area contributed by atoms with Gasteiger partial charge in [-0.05, 0) is 12.1 Å². The van der Waals surface area contributed by atoms with Crippen molar-refractivity contribution in [3.05, 3.63) is 33.8 Å². The molecule has 1 aromatic rings. The minimum absolute atomic E-state index is 0.0454. The minimum Gasteiger partial charge on any atom is -0.340 e. The molecule has 1 atom stereocenters. The van der Waals surface area contributed by atoms with Crippen LogP contribution in [0.4, 0.5) is 0 Å². The largest absolute Gasteiger partial charge is 0.340 e. The van der Waals surface area contributed by atoms with Crippen LogP contribution in [0.25, 0.3) is 0 Å². The molecule has 2 nitrogen and oxygen atoms in total. The Balaban J connectivity index is 2.24. The molecule has 0 spiro atoms. The van der Waals surface area contributed by atoms with Gasteiger partial charge in [-0.2, -0.15) is 0 Å². The van der Waals surface area contributed by atoms with Crippen molar-refractivity contribution in [2.75, 3.05) is 5.75 Å². The van der Waals surface area contributed by atoms with E-state index < -0.39 is 0 Å². The van der Waals surface area contributed by atoms with Gasteiger partial charge in [0.15, 0.2) is 0 Å². The van der Waals surface area contributed by atoms with Crippen LogP contribution >= 0.6 is 35.0 Å². The summed E-state index contributed by atoms with van der Waals surface area (Å²) < 4.78 is 0. The quantitative estimate of drug-likeness (QED) is 0.841. The molecule has 0 radical (unpaired) electrons. The molecule has 80 valence electrons. The van der Waals surface area contributed by atoms with Crippen molar-refractivity contribution in [1.82, 2.24) is 5.32 Å². The zero-order valence-corrected chi connectivity index (χ0v) is 10.1. The third kappa shape index (κ3) is 2.60. The summed E-state index contributed by atoms with van der Waals surface area (Å²) in [7, 11) is 0. The molecule has 1 N–H and O–H groups in total. The molecule has 1 fully saturated rings. The lowest BCUT2D eigenvalue weighted by atomic mass is 10.2. The van der Waals surface area contributed by atoms with Crippen molar-refractivity contribution in [1.29, 1.82) is 0 Å². The van der Waals surface area contributed by atoms with Gasteiger partial charge in [0.1, 0.15) is 5.37 Å². The zero-order chi connectivity index (χ0) is 10.8. The summed E-state index contributed by atoms with van der Waals surface area (Å²) in [6, 6.07) is 5.33. The van der Waals surface area contributed by atoms with Crippen LogP contribution in [0, 0.1) is 0 Å². The molecular weight excluding hydrogens is 253 g/mol. The van der Waals surface area contributed by atoms with E-state index in [1.54, 1.807) is 23.9 Å². The molecule has 1 unspecified atom stereocenters. The van der Waals surface area contributed by atoms with Gasteiger partial charge in [0, 0.05) is 27.8 Å². The van der Waals surface area contributed by atoms with Crippen LogP contribution in [-0.2, 0) is 4.79 Å². The van der Waals surface area contributed by atoms with Crippen molar-refractivity contribution in [3.63, 3.8) is 0 Å². The van der Waals surface area contributed by atoms with Gasteiger partial charge in [-0.25, -0.2) is 0 Å². The van der Waals surface area contributed by atoms with Gasteiger partial charge < -0.3 is 5.32 Å². The van der Waals surface area contributed by atoms with Gasteiger partial charge in [0.25, 0.3) is 0 Å². The molecule has 5 heteroatoms. The molecule has 1 amide bonds. The van der Waals surface area contributed by atoms with E-state index in [9.17, 15) is 4.79 Å². The molecule has 1 heterocycles. The number of thioether (sulfide) groups is 1.